The van der Waals surface area contributed by atoms with E-state index in [-0.39, 0.29) is 30.1 Å². The summed E-state index contributed by atoms with van der Waals surface area (Å²) in [5.41, 5.74) is 7.57. The third kappa shape index (κ3) is 5.19. The lowest BCUT2D eigenvalue weighted by molar-refractivity contribution is -0.131. The molecule has 0 aliphatic carbocycles. The maximum atomic E-state index is 12.7. The Labute approximate surface area is 164 Å². The third-order valence-corrected chi connectivity index (χ3v) is 4.91. The average molecular weight is 379 g/mol. The van der Waals surface area contributed by atoms with Crippen molar-refractivity contribution in [1.82, 2.24) is 15.8 Å². The number of hydrazine groups is 1. The van der Waals surface area contributed by atoms with E-state index in [9.17, 15) is 14.4 Å². The second-order valence-corrected chi connectivity index (χ2v) is 7.16. The Morgan fingerprint density at radius 2 is 1.71 bits per heavy atom. The molecule has 1 unspecified atom stereocenters. The van der Waals surface area contributed by atoms with Gasteiger partial charge in [-0.15, -0.1) is 0 Å². The summed E-state index contributed by atoms with van der Waals surface area (Å²) in [6.07, 6.45) is 1.65. The number of likely N-dealkylation sites (tertiary alicyclic amines) is 1. The molecule has 2 aromatic carbocycles. The predicted octanol–water partition coefficient (Wildman–Crippen LogP) is 2.24. The van der Waals surface area contributed by atoms with Crippen LogP contribution < -0.4 is 10.9 Å². The minimum atomic E-state index is -0.333. The van der Waals surface area contributed by atoms with Crippen LogP contribution in [0.15, 0.2) is 54.6 Å². The molecule has 3 rings (SSSR count). The van der Waals surface area contributed by atoms with Crippen molar-refractivity contribution >= 4 is 17.7 Å². The highest BCUT2D eigenvalue weighted by molar-refractivity contribution is 5.94. The topological polar surface area (TPSA) is 78.5 Å². The Kier molecular flexibility index (Phi) is 6.42. The summed E-state index contributed by atoms with van der Waals surface area (Å²) in [4.78, 5) is 38.8. The fraction of sp³-hybridized carbons (Fsp3) is 0.318. The molecule has 6 nitrogen and oxygen atoms in total. The molecule has 1 fully saturated rings. The van der Waals surface area contributed by atoms with E-state index in [0.29, 0.717) is 25.1 Å². The fourth-order valence-electron chi connectivity index (χ4n) is 3.31. The largest absolute Gasteiger partial charge is 0.338 e. The molecule has 1 aliphatic heterocycles. The molecule has 2 aromatic rings. The van der Waals surface area contributed by atoms with Crippen LogP contribution in [0.2, 0.25) is 0 Å². The standard InChI is InChI=1S/C22H25N3O3/c1-16-9-11-18(12-10-16)22(28)25-13-5-8-19(15-25)21(27)24-23-20(26)14-17-6-3-2-4-7-17/h2-4,6-7,9-12,19H,5,8,13-15H2,1H3,(H,23,26)(H,24,27). The van der Waals surface area contributed by atoms with Gasteiger partial charge in [-0.05, 0) is 37.5 Å². The van der Waals surface area contributed by atoms with E-state index in [1.165, 1.54) is 0 Å². The van der Waals surface area contributed by atoms with Crippen LogP contribution in [0.3, 0.4) is 0 Å². The van der Waals surface area contributed by atoms with Gasteiger partial charge in [0.2, 0.25) is 11.8 Å². The Hall–Kier alpha value is -3.15. The zero-order chi connectivity index (χ0) is 19.9. The highest BCUT2D eigenvalue weighted by atomic mass is 16.2. The van der Waals surface area contributed by atoms with Crippen LogP contribution in [-0.4, -0.2) is 35.7 Å². The number of benzene rings is 2. The highest BCUT2D eigenvalue weighted by Gasteiger charge is 2.29. The SMILES string of the molecule is Cc1ccc(C(=O)N2CCCC(C(=O)NNC(=O)Cc3ccccc3)C2)cc1. The monoisotopic (exact) mass is 379 g/mol. The maximum Gasteiger partial charge on any atom is 0.253 e. The molecule has 2 N–H and O–H groups in total. The van der Waals surface area contributed by atoms with Gasteiger partial charge in [-0.1, -0.05) is 48.0 Å². The van der Waals surface area contributed by atoms with E-state index in [1.54, 1.807) is 4.90 Å². The van der Waals surface area contributed by atoms with Crippen LogP contribution in [-0.2, 0) is 16.0 Å². The molecule has 3 amide bonds. The Bertz CT molecular complexity index is 834. The zero-order valence-electron chi connectivity index (χ0n) is 16.0. The molecule has 146 valence electrons. The van der Waals surface area contributed by atoms with Crippen molar-refractivity contribution in [3.8, 4) is 0 Å². The number of carbonyl (C=O) groups excluding carboxylic acids is 3. The fourth-order valence-corrected chi connectivity index (χ4v) is 3.31. The molecular weight excluding hydrogens is 354 g/mol. The Balaban J connectivity index is 1.50. The second kappa shape index (κ2) is 9.17. The lowest BCUT2D eigenvalue weighted by Crippen LogP contribution is -2.50. The van der Waals surface area contributed by atoms with Crippen LogP contribution >= 0.6 is 0 Å². The smallest absolute Gasteiger partial charge is 0.253 e. The number of amides is 3. The molecule has 0 aromatic heterocycles. The molecule has 0 saturated carbocycles. The first-order valence-corrected chi connectivity index (χ1v) is 9.51. The minimum Gasteiger partial charge on any atom is -0.338 e. The molecule has 1 saturated heterocycles. The van der Waals surface area contributed by atoms with Crippen LogP contribution in [0.4, 0.5) is 0 Å². The number of piperidine rings is 1. The molecule has 0 radical (unpaired) electrons. The first-order chi connectivity index (χ1) is 13.5. The van der Waals surface area contributed by atoms with Crippen LogP contribution in [0.1, 0.15) is 34.3 Å². The lowest BCUT2D eigenvalue weighted by Gasteiger charge is -2.32. The van der Waals surface area contributed by atoms with Gasteiger partial charge in [0.1, 0.15) is 0 Å². The normalized spacial score (nSPS) is 16.3. The number of rotatable bonds is 4. The van der Waals surface area contributed by atoms with Crippen molar-refractivity contribution in [2.24, 2.45) is 5.92 Å². The summed E-state index contributed by atoms with van der Waals surface area (Å²) in [5.74, 6) is -0.934. The molecule has 6 heteroatoms. The van der Waals surface area contributed by atoms with Gasteiger partial charge in [0.05, 0.1) is 12.3 Å². The number of nitrogens with zero attached hydrogens (tertiary/aromatic N) is 1. The number of hydrogen-bond acceptors (Lipinski definition) is 3. The van der Waals surface area contributed by atoms with Gasteiger partial charge in [0.15, 0.2) is 0 Å². The van der Waals surface area contributed by atoms with Crippen molar-refractivity contribution < 1.29 is 14.4 Å². The Morgan fingerprint density at radius 3 is 2.43 bits per heavy atom. The van der Waals surface area contributed by atoms with E-state index in [0.717, 1.165) is 17.5 Å². The maximum absolute atomic E-state index is 12.7. The highest BCUT2D eigenvalue weighted by Crippen LogP contribution is 2.19. The number of carbonyl (C=O) groups is 3. The first kappa shape index (κ1) is 19.6. The Morgan fingerprint density at radius 1 is 1.00 bits per heavy atom. The van der Waals surface area contributed by atoms with Gasteiger partial charge in [-0.25, -0.2) is 0 Å². The van der Waals surface area contributed by atoms with E-state index >= 15 is 0 Å². The molecule has 0 spiro atoms. The summed E-state index contributed by atoms with van der Waals surface area (Å²) in [6, 6.07) is 16.8. The van der Waals surface area contributed by atoms with Crippen LogP contribution in [0, 0.1) is 12.8 Å². The summed E-state index contributed by atoms with van der Waals surface area (Å²) in [6.45, 7) is 2.96. The molecule has 1 atom stereocenters. The van der Waals surface area contributed by atoms with Gasteiger partial charge in [0, 0.05) is 18.7 Å². The number of nitrogens with one attached hydrogen (secondary N) is 2. The molecule has 1 heterocycles. The van der Waals surface area contributed by atoms with Crippen LogP contribution in [0.5, 0.6) is 0 Å². The van der Waals surface area contributed by atoms with Gasteiger partial charge in [0.25, 0.3) is 5.91 Å². The number of aryl methyl sites for hydroxylation is 1. The van der Waals surface area contributed by atoms with Crippen LogP contribution in [0.25, 0.3) is 0 Å². The van der Waals surface area contributed by atoms with Crippen molar-refractivity contribution in [2.45, 2.75) is 26.2 Å². The van der Waals surface area contributed by atoms with Gasteiger partial charge >= 0.3 is 0 Å². The summed E-state index contributed by atoms with van der Waals surface area (Å²) >= 11 is 0. The first-order valence-electron chi connectivity index (χ1n) is 9.51. The van der Waals surface area contributed by atoms with Gasteiger partial charge in [-0.3, -0.25) is 25.2 Å². The molecule has 0 bridgehead atoms. The zero-order valence-corrected chi connectivity index (χ0v) is 16.0. The molecule has 28 heavy (non-hydrogen) atoms. The van der Waals surface area contributed by atoms with Crippen molar-refractivity contribution in [3.05, 3.63) is 71.3 Å². The molecular formula is C22H25N3O3. The number of hydrogen-bond donors (Lipinski definition) is 2. The second-order valence-electron chi connectivity index (χ2n) is 7.16. The van der Waals surface area contributed by atoms with Crippen molar-refractivity contribution in [1.29, 1.82) is 0 Å². The van der Waals surface area contributed by atoms with Crippen molar-refractivity contribution in [3.63, 3.8) is 0 Å². The third-order valence-electron chi connectivity index (χ3n) is 4.91. The molecule has 1 aliphatic rings. The van der Waals surface area contributed by atoms with E-state index < -0.39 is 0 Å². The van der Waals surface area contributed by atoms with E-state index in [2.05, 4.69) is 10.9 Å². The van der Waals surface area contributed by atoms with Crippen molar-refractivity contribution in [2.75, 3.05) is 13.1 Å². The van der Waals surface area contributed by atoms with Gasteiger partial charge in [-0.2, -0.15) is 0 Å². The predicted molar refractivity (Wildman–Crippen MR) is 106 cm³/mol. The van der Waals surface area contributed by atoms with Gasteiger partial charge < -0.3 is 4.90 Å². The average Bonchev–Trinajstić information content (AvgIpc) is 2.73. The summed E-state index contributed by atoms with van der Waals surface area (Å²) < 4.78 is 0. The van der Waals surface area contributed by atoms with E-state index in [4.69, 9.17) is 0 Å². The quantitative estimate of drug-likeness (QED) is 0.800. The van der Waals surface area contributed by atoms with E-state index in [1.807, 2.05) is 61.5 Å². The minimum absolute atomic E-state index is 0.0642. The summed E-state index contributed by atoms with van der Waals surface area (Å²) in [5, 5.41) is 0. The lowest BCUT2D eigenvalue weighted by atomic mass is 9.96. The summed E-state index contributed by atoms with van der Waals surface area (Å²) in [7, 11) is 0.